The van der Waals surface area contributed by atoms with Crippen LogP contribution < -0.4 is 15.4 Å². The number of nitrogens with one attached hydrogen (secondary N) is 2. The van der Waals surface area contributed by atoms with Crippen molar-refractivity contribution in [3.63, 3.8) is 0 Å². The summed E-state index contributed by atoms with van der Waals surface area (Å²) in [6, 6.07) is 11.9. The Kier molecular flexibility index (Phi) is 10.6. The summed E-state index contributed by atoms with van der Waals surface area (Å²) in [6.07, 6.45) is 6.49. The van der Waals surface area contributed by atoms with Gasteiger partial charge in [0.2, 0.25) is 5.91 Å². The number of hydrogen-bond donors (Lipinski definition) is 2. The third-order valence-electron chi connectivity index (χ3n) is 5.47. The van der Waals surface area contributed by atoms with E-state index in [-0.39, 0.29) is 6.54 Å². The Balaban J connectivity index is 2.46. The predicted molar refractivity (Wildman–Crippen MR) is 144 cm³/mol. The first-order chi connectivity index (χ1) is 17.5. The third kappa shape index (κ3) is 8.57. The molecule has 0 heterocycles. The molecule has 0 aromatic heterocycles. The normalized spacial score (nSPS) is 12.5. The highest BCUT2D eigenvalue weighted by molar-refractivity contribution is 5.99. The zero-order valence-electron chi connectivity index (χ0n) is 22.5. The molecule has 0 saturated carbocycles. The van der Waals surface area contributed by atoms with Crippen LogP contribution in [-0.4, -0.2) is 48.1 Å². The van der Waals surface area contributed by atoms with Gasteiger partial charge in [0.05, 0.1) is 7.11 Å². The Labute approximate surface area is 219 Å². The molecule has 2 unspecified atom stereocenters. The predicted octanol–water partition coefficient (Wildman–Crippen LogP) is 4.90. The lowest BCUT2D eigenvalue weighted by Crippen LogP contribution is -2.51. The number of methoxy groups -OCH3 is 1. The largest absolute Gasteiger partial charge is 0.497 e. The van der Waals surface area contributed by atoms with Crippen LogP contribution in [0.4, 0.5) is 10.5 Å². The third-order valence-corrected chi connectivity index (χ3v) is 5.47. The number of carbonyl (C=O) groups is 3. The lowest BCUT2D eigenvalue weighted by atomic mass is 9.97. The number of carbonyl (C=O) groups excluding carboxylic acids is 3. The molecule has 0 spiro atoms. The number of unbranched alkanes of at least 4 members (excludes halogenated alkanes) is 1. The van der Waals surface area contributed by atoms with Crippen LogP contribution in [0.2, 0.25) is 0 Å². The second-order valence-electron chi connectivity index (χ2n) is 9.60. The van der Waals surface area contributed by atoms with E-state index in [4.69, 9.17) is 15.9 Å². The second kappa shape index (κ2) is 13.4. The lowest BCUT2D eigenvalue weighted by Gasteiger charge is -2.34. The van der Waals surface area contributed by atoms with Crippen molar-refractivity contribution in [2.24, 2.45) is 0 Å². The standard InChI is InChI=1S/C29H37N3O5/c1-8-10-19-32(27(34)20(3)30-28(35)37-29(4,5)6)25(24-14-12-11-13-21(24)9-2)26(33)31-22-15-17-23(36-7)18-16-22/h2,11-18,20,25H,8,10,19H2,1,3-7H3,(H,30,35)(H,31,33). The average Bonchev–Trinajstić information content (AvgIpc) is 2.85. The smallest absolute Gasteiger partial charge is 0.408 e. The molecule has 8 nitrogen and oxygen atoms in total. The molecule has 0 saturated heterocycles. The fourth-order valence-electron chi connectivity index (χ4n) is 3.69. The van der Waals surface area contributed by atoms with Crippen LogP contribution in [0.15, 0.2) is 48.5 Å². The number of hydrogen-bond acceptors (Lipinski definition) is 5. The van der Waals surface area contributed by atoms with Gasteiger partial charge in [0.1, 0.15) is 23.4 Å². The maximum atomic E-state index is 13.8. The Morgan fingerprint density at radius 3 is 2.30 bits per heavy atom. The van der Waals surface area contributed by atoms with Crippen LogP contribution >= 0.6 is 0 Å². The zero-order valence-corrected chi connectivity index (χ0v) is 22.5. The summed E-state index contributed by atoms with van der Waals surface area (Å²) in [4.78, 5) is 41.3. The van der Waals surface area contributed by atoms with E-state index in [0.717, 1.165) is 6.42 Å². The van der Waals surface area contributed by atoms with Crippen molar-refractivity contribution in [1.29, 1.82) is 0 Å². The first-order valence-electron chi connectivity index (χ1n) is 12.3. The number of amides is 3. The monoisotopic (exact) mass is 507 g/mol. The summed E-state index contributed by atoms with van der Waals surface area (Å²) < 4.78 is 10.5. The quantitative estimate of drug-likeness (QED) is 0.446. The highest BCUT2D eigenvalue weighted by atomic mass is 16.6. The molecule has 0 aliphatic rings. The summed E-state index contributed by atoms with van der Waals surface area (Å²) in [6.45, 7) is 9.06. The molecule has 2 aromatic carbocycles. The van der Waals surface area contributed by atoms with E-state index < -0.39 is 35.6 Å². The van der Waals surface area contributed by atoms with E-state index in [1.54, 1.807) is 83.3 Å². The SMILES string of the molecule is C#Cc1ccccc1C(C(=O)Nc1ccc(OC)cc1)N(CCCC)C(=O)C(C)NC(=O)OC(C)(C)C. The molecule has 2 aromatic rings. The zero-order chi connectivity index (χ0) is 27.6. The molecule has 0 radical (unpaired) electrons. The molecule has 0 aliphatic heterocycles. The van der Waals surface area contributed by atoms with Gasteiger partial charge in [0.25, 0.3) is 5.91 Å². The topological polar surface area (TPSA) is 97.0 Å². The molecule has 0 fully saturated rings. The molecule has 2 N–H and O–H groups in total. The van der Waals surface area contributed by atoms with E-state index in [1.807, 2.05) is 6.92 Å². The highest BCUT2D eigenvalue weighted by Crippen LogP contribution is 2.28. The molecular weight excluding hydrogens is 470 g/mol. The van der Waals surface area contributed by atoms with Gasteiger partial charge in [-0.2, -0.15) is 0 Å². The Morgan fingerprint density at radius 2 is 1.73 bits per heavy atom. The Bertz CT molecular complexity index is 1120. The number of rotatable bonds is 10. The molecule has 2 rings (SSSR count). The van der Waals surface area contributed by atoms with Crippen LogP contribution in [0.1, 0.15) is 64.6 Å². The van der Waals surface area contributed by atoms with Gasteiger partial charge in [0, 0.05) is 17.8 Å². The maximum absolute atomic E-state index is 13.8. The van der Waals surface area contributed by atoms with E-state index in [2.05, 4.69) is 16.6 Å². The van der Waals surface area contributed by atoms with Gasteiger partial charge in [-0.1, -0.05) is 37.5 Å². The van der Waals surface area contributed by atoms with Crippen molar-refractivity contribution < 1.29 is 23.9 Å². The van der Waals surface area contributed by atoms with Crippen LogP contribution in [0.3, 0.4) is 0 Å². The van der Waals surface area contributed by atoms with Gasteiger partial charge in [-0.05, 0) is 70.0 Å². The summed E-state index contributed by atoms with van der Waals surface area (Å²) in [7, 11) is 1.56. The minimum atomic E-state index is -1.03. The maximum Gasteiger partial charge on any atom is 0.408 e. The first-order valence-corrected chi connectivity index (χ1v) is 12.3. The number of benzene rings is 2. The van der Waals surface area contributed by atoms with Crippen LogP contribution in [0.5, 0.6) is 5.75 Å². The number of terminal acetylenes is 1. The van der Waals surface area contributed by atoms with E-state index in [0.29, 0.717) is 29.0 Å². The van der Waals surface area contributed by atoms with E-state index in [1.165, 1.54) is 4.90 Å². The van der Waals surface area contributed by atoms with Crippen LogP contribution in [-0.2, 0) is 14.3 Å². The fourth-order valence-corrected chi connectivity index (χ4v) is 3.69. The van der Waals surface area contributed by atoms with Crippen molar-refractivity contribution in [2.45, 2.75) is 65.1 Å². The van der Waals surface area contributed by atoms with Crippen molar-refractivity contribution in [3.8, 4) is 18.1 Å². The van der Waals surface area contributed by atoms with Crippen molar-refractivity contribution in [2.75, 3.05) is 19.0 Å². The van der Waals surface area contributed by atoms with Gasteiger partial charge in [-0.3, -0.25) is 9.59 Å². The van der Waals surface area contributed by atoms with Crippen molar-refractivity contribution in [3.05, 3.63) is 59.7 Å². The molecule has 0 aliphatic carbocycles. The molecule has 198 valence electrons. The number of alkyl carbamates (subject to hydrolysis) is 1. The Hall–Kier alpha value is -3.99. The second-order valence-corrected chi connectivity index (χ2v) is 9.60. The molecule has 8 heteroatoms. The number of anilines is 1. The lowest BCUT2D eigenvalue weighted by molar-refractivity contribution is -0.140. The molecule has 2 atom stereocenters. The number of ether oxygens (including phenoxy) is 2. The summed E-state index contributed by atoms with van der Waals surface area (Å²) in [5, 5.41) is 5.49. The van der Waals surface area contributed by atoms with Crippen LogP contribution in [0.25, 0.3) is 0 Å². The minimum Gasteiger partial charge on any atom is -0.497 e. The minimum absolute atomic E-state index is 0.287. The number of nitrogens with zero attached hydrogens (tertiary/aromatic N) is 1. The average molecular weight is 508 g/mol. The fraction of sp³-hybridized carbons (Fsp3) is 0.414. The first kappa shape index (κ1) is 29.2. The van der Waals surface area contributed by atoms with E-state index in [9.17, 15) is 14.4 Å². The Morgan fingerprint density at radius 1 is 1.08 bits per heavy atom. The molecular formula is C29H37N3O5. The van der Waals surface area contributed by atoms with Crippen molar-refractivity contribution in [1.82, 2.24) is 10.2 Å². The molecule has 37 heavy (non-hydrogen) atoms. The summed E-state index contributed by atoms with van der Waals surface area (Å²) >= 11 is 0. The van der Waals surface area contributed by atoms with E-state index >= 15 is 0 Å². The summed E-state index contributed by atoms with van der Waals surface area (Å²) in [5.41, 5.74) is 0.836. The van der Waals surface area contributed by atoms with Gasteiger partial charge >= 0.3 is 6.09 Å². The highest BCUT2D eigenvalue weighted by Gasteiger charge is 2.35. The van der Waals surface area contributed by atoms with Gasteiger partial charge in [0.15, 0.2) is 0 Å². The van der Waals surface area contributed by atoms with Crippen LogP contribution in [0, 0.1) is 12.3 Å². The molecule has 0 bridgehead atoms. The summed E-state index contributed by atoms with van der Waals surface area (Å²) in [5.74, 6) is 2.41. The van der Waals surface area contributed by atoms with Crippen molar-refractivity contribution >= 4 is 23.6 Å². The molecule has 3 amide bonds. The van der Waals surface area contributed by atoms with Gasteiger partial charge < -0.3 is 25.0 Å². The van der Waals surface area contributed by atoms with Gasteiger partial charge in [-0.25, -0.2) is 4.79 Å². The van der Waals surface area contributed by atoms with Gasteiger partial charge in [-0.15, -0.1) is 6.42 Å².